The van der Waals surface area contributed by atoms with Crippen molar-refractivity contribution in [2.75, 3.05) is 0 Å². The third-order valence-electron chi connectivity index (χ3n) is 10.9. The van der Waals surface area contributed by atoms with Crippen molar-refractivity contribution in [2.45, 2.75) is 0 Å². The van der Waals surface area contributed by atoms with Crippen LogP contribution in [0.3, 0.4) is 0 Å². The van der Waals surface area contributed by atoms with E-state index in [-0.39, 0.29) is 0 Å². The molecule has 10 aromatic carbocycles. The van der Waals surface area contributed by atoms with Gasteiger partial charge in [0.05, 0.1) is 0 Å². The smallest absolute Gasteiger partial charge is 0.164 e. The molecular formula is C51H31N3. The molecule has 250 valence electrons. The number of fused-ring (bicyclic) bond motifs is 6. The fourth-order valence-corrected chi connectivity index (χ4v) is 8.42. The molecule has 0 aliphatic carbocycles. The summed E-state index contributed by atoms with van der Waals surface area (Å²) in [5.74, 6) is 1.96. The predicted molar refractivity (Wildman–Crippen MR) is 227 cm³/mol. The monoisotopic (exact) mass is 685 g/mol. The highest BCUT2D eigenvalue weighted by atomic mass is 15.0. The second-order valence-electron chi connectivity index (χ2n) is 13.9. The summed E-state index contributed by atoms with van der Waals surface area (Å²) < 4.78 is 0. The van der Waals surface area contributed by atoms with Crippen LogP contribution in [0.5, 0.6) is 0 Å². The van der Waals surface area contributed by atoms with Crippen LogP contribution < -0.4 is 0 Å². The molecule has 0 amide bonds. The molecule has 0 saturated heterocycles. The van der Waals surface area contributed by atoms with Crippen LogP contribution in [-0.2, 0) is 0 Å². The molecule has 0 fully saturated rings. The third kappa shape index (κ3) is 4.79. The van der Waals surface area contributed by atoms with Crippen LogP contribution in [0, 0.1) is 0 Å². The maximum Gasteiger partial charge on any atom is 0.164 e. The zero-order valence-corrected chi connectivity index (χ0v) is 29.2. The molecule has 0 bridgehead atoms. The van der Waals surface area contributed by atoms with E-state index in [1.165, 1.54) is 65.0 Å². The van der Waals surface area contributed by atoms with Gasteiger partial charge in [-0.15, -0.1) is 0 Å². The van der Waals surface area contributed by atoms with E-state index in [4.69, 9.17) is 15.0 Å². The quantitative estimate of drug-likeness (QED) is 0.173. The molecule has 0 atom stereocenters. The van der Waals surface area contributed by atoms with Crippen molar-refractivity contribution in [3.8, 4) is 45.3 Å². The van der Waals surface area contributed by atoms with Crippen molar-refractivity contribution in [3.05, 3.63) is 188 Å². The zero-order chi connectivity index (χ0) is 35.6. The van der Waals surface area contributed by atoms with E-state index in [1.807, 2.05) is 60.7 Å². The largest absolute Gasteiger partial charge is 0.208 e. The Labute approximate surface area is 311 Å². The van der Waals surface area contributed by atoms with E-state index < -0.39 is 0 Å². The fraction of sp³-hybridized carbons (Fsp3) is 0. The predicted octanol–water partition coefficient (Wildman–Crippen LogP) is 13.5. The topological polar surface area (TPSA) is 38.7 Å². The summed E-state index contributed by atoms with van der Waals surface area (Å²) in [6, 6.07) is 67.2. The van der Waals surface area contributed by atoms with Gasteiger partial charge in [0.2, 0.25) is 0 Å². The summed E-state index contributed by atoms with van der Waals surface area (Å²) in [5.41, 5.74) is 5.22. The van der Waals surface area contributed by atoms with Gasteiger partial charge in [0, 0.05) is 16.7 Å². The van der Waals surface area contributed by atoms with Crippen molar-refractivity contribution < 1.29 is 0 Å². The molecule has 11 aromatic rings. The van der Waals surface area contributed by atoms with Gasteiger partial charge < -0.3 is 0 Å². The van der Waals surface area contributed by atoms with Gasteiger partial charge in [-0.05, 0) is 94.0 Å². The molecule has 3 heteroatoms. The normalized spacial score (nSPS) is 11.7. The highest BCUT2D eigenvalue weighted by molar-refractivity contribution is 6.33. The summed E-state index contributed by atoms with van der Waals surface area (Å²) in [7, 11) is 0. The summed E-state index contributed by atoms with van der Waals surface area (Å²) >= 11 is 0. The lowest BCUT2D eigenvalue weighted by Gasteiger charge is -2.16. The Morgan fingerprint density at radius 3 is 1.31 bits per heavy atom. The first kappa shape index (κ1) is 30.4. The van der Waals surface area contributed by atoms with E-state index in [0.29, 0.717) is 17.5 Å². The van der Waals surface area contributed by atoms with Crippen LogP contribution in [0.4, 0.5) is 0 Å². The Kier molecular flexibility index (Phi) is 6.86. The van der Waals surface area contributed by atoms with Crippen LogP contribution >= 0.6 is 0 Å². The van der Waals surface area contributed by atoms with E-state index in [2.05, 4.69) is 127 Å². The van der Waals surface area contributed by atoms with Gasteiger partial charge >= 0.3 is 0 Å². The van der Waals surface area contributed by atoms with Crippen LogP contribution in [0.25, 0.3) is 110 Å². The van der Waals surface area contributed by atoms with Crippen LogP contribution in [0.2, 0.25) is 0 Å². The first-order chi connectivity index (χ1) is 26.8. The molecule has 3 nitrogen and oxygen atoms in total. The minimum atomic E-state index is 0.651. The van der Waals surface area contributed by atoms with E-state index in [1.54, 1.807) is 0 Å². The van der Waals surface area contributed by atoms with Crippen LogP contribution in [-0.4, -0.2) is 15.0 Å². The molecule has 1 heterocycles. The van der Waals surface area contributed by atoms with Crippen LogP contribution in [0.1, 0.15) is 0 Å². The van der Waals surface area contributed by atoms with Gasteiger partial charge in [-0.3, -0.25) is 0 Å². The summed E-state index contributed by atoms with van der Waals surface area (Å²) in [6.45, 7) is 0. The van der Waals surface area contributed by atoms with Gasteiger partial charge in [0.25, 0.3) is 0 Å². The first-order valence-corrected chi connectivity index (χ1v) is 18.4. The van der Waals surface area contributed by atoms with Crippen molar-refractivity contribution in [3.63, 3.8) is 0 Å². The molecule has 11 rings (SSSR count). The maximum atomic E-state index is 5.10. The fourth-order valence-electron chi connectivity index (χ4n) is 8.42. The minimum absolute atomic E-state index is 0.651. The summed E-state index contributed by atoms with van der Waals surface area (Å²) in [5, 5.41) is 14.8. The lowest BCUT2D eigenvalue weighted by Crippen LogP contribution is -2.00. The number of hydrogen-bond acceptors (Lipinski definition) is 3. The molecular weight excluding hydrogens is 655 g/mol. The summed E-state index contributed by atoms with van der Waals surface area (Å²) in [4.78, 5) is 15.1. The second kappa shape index (κ2) is 12.2. The molecule has 0 radical (unpaired) electrons. The second-order valence-corrected chi connectivity index (χ2v) is 13.9. The van der Waals surface area contributed by atoms with E-state index in [0.717, 1.165) is 27.5 Å². The molecule has 1 aromatic heterocycles. The number of benzene rings is 9. The molecule has 0 spiro atoms. The van der Waals surface area contributed by atoms with Gasteiger partial charge in [-0.2, -0.15) is 0 Å². The Hall–Kier alpha value is -7.23. The molecule has 0 N–H and O–H groups in total. The van der Waals surface area contributed by atoms with Gasteiger partial charge in [-0.1, -0.05) is 170 Å². The molecule has 0 aliphatic rings. The van der Waals surface area contributed by atoms with Crippen molar-refractivity contribution >= 4 is 64.6 Å². The van der Waals surface area contributed by atoms with E-state index in [9.17, 15) is 0 Å². The van der Waals surface area contributed by atoms with E-state index >= 15 is 0 Å². The van der Waals surface area contributed by atoms with Gasteiger partial charge in [0.1, 0.15) is 0 Å². The molecule has 0 saturated carbocycles. The number of rotatable bonds is 4. The highest BCUT2D eigenvalue weighted by Gasteiger charge is 2.18. The standard InChI is InChI=1S/C51H31N3/c1-3-14-33(15-4-1)49-52-50(34-16-5-2-6-17-34)54-51(53-49)45-29-28-37(38-19-7-11-23-42(38)45)36-30-35-27-26-32-18-13-25-44-41-22-10-8-20-39(41)40-21-9-12-24-43(40)46(31-36)48(35)47(32)44/h1-31H. The Morgan fingerprint density at radius 2 is 0.685 bits per heavy atom. The van der Waals surface area contributed by atoms with Crippen molar-refractivity contribution in [2.24, 2.45) is 0 Å². The Bertz CT molecular complexity index is 3200. The van der Waals surface area contributed by atoms with Crippen molar-refractivity contribution in [1.82, 2.24) is 15.0 Å². The van der Waals surface area contributed by atoms with Gasteiger partial charge in [0.15, 0.2) is 17.5 Å². The lowest BCUT2D eigenvalue weighted by atomic mass is 9.87. The molecule has 0 aliphatic heterocycles. The lowest BCUT2D eigenvalue weighted by molar-refractivity contribution is 1.08. The minimum Gasteiger partial charge on any atom is -0.208 e. The number of hydrogen-bond donors (Lipinski definition) is 0. The Morgan fingerprint density at radius 1 is 0.241 bits per heavy atom. The molecule has 0 unspecified atom stereocenters. The van der Waals surface area contributed by atoms with Crippen molar-refractivity contribution in [1.29, 1.82) is 0 Å². The third-order valence-corrected chi connectivity index (χ3v) is 10.9. The average molecular weight is 686 g/mol. The molecule has 54 heavy (non-hydrogen) atoms. The SMILES string of the molecule is c1ccc(-c2nc(-c3ccccc3)nc(-c3ccc(-c4cc5ccc6cccc7c8ccccc8c8ccccc8c(c4)c5c67)c4ccccc34)n2)cc1. The number of nitrogens with zero attached hydrogens (tertiary/aromatic N) is 3. The maximum absolute atomic E-state index is 5.10. The first-order valence-electron chi connectivity index (χ1n) is 18.4. The summed E-state index contributed by atoms with van der Waals surface area (Å²) in [6.07, 6.45) is 0. The Balaban J connectivity index is 1.20. The van der Waals surface area contributed by atoms with Crippen LogP contribution in [0.15, 0.2) is 188 Å². The van der Waals surface area contributed by atoms with Gasteiger partial charge in [-0.25, -0.2) is 15.0 Å². The average Bonchev–Trinajstić information content (AvgIpc) is 3.25. The highest BCUT2D eigenvalue weighted by Crippen LogP contribution is 2.43. The number of aromatic nitrogens is 3. The zero-order valence-electron chi connectivity index (χ0n) is 29.2.